The number of halogens is 2. The second-order valence-corrected chi connectivity index (χ2v) is 10.2. The van der Waals surface area contributed by atoms with E-state index in [1.165, 1.54) is 10.7 Å². The molecule has 4 heterocycles. The van der Waals surface area contributed by atoms with Gasteiger partial charge < -0.3 is 19.3 Å². The normalized spacial score (nSPS) is 20.8. The average molecular weight is 540 g/mol. The first-order valence-electron chi connectivity index (χ1n) is 13.2. The van der Waals surface area contributed by atoms with Gasteiger partial charge in [0.1, 0.15) is 17.6 Å². The molecule has 11 nitrogen and oxygen atoms in total. The van der Waals surface area contributed by atoms with Gasteiger partial charge in [0.15, 0.2) is 17.1 Å². The van der Waals surface area contributed by atoms with Gasteiger partial charge in [-0.15, -0.1) is 5.10 Å². The second-order valence-electron chi connectivity index (χ2n) is 10.2. The molecule has 1 fully saturated rings. The van der Waals surface area contributed by atoms with Crippen molar-refractivity contribution in [1.82, 2.24) is 39.4 Å². The number of aliphatic hydroxyl groups excluding tert-OH is 1. The fourth-order valence-corrected chi connectivity index (χ4v) is 5.81. The molecule has 1 saturated carbocycles. The van der Waals surface area contributed by atoms with Crippen molar-refractivity contribution < 1.29 is 18.6 Å². The van der Waals surface area contributed by atoms with E-state index >= 15 is 0 Å². The van der Waals surface area contributed by atoms with Crippen molar-refractivity contribution in [2.75, 3.05) is 18.5 Å². The topological polar surface area (TPSA) is 110 Å². The van der Waals surface area contributed by atoms with Crippen LogP contribution in [0.5, 0.6) is 5.75 Å². The van der Waals surface area contributed by atoms with Crippen molar-refractivity contribution >= 4 is 17.0 Å². The molecular weight excluding hydrogens is 508 g/mol. The molecule has 1 atom stereocenters. The molecule has 206 valence electrons. The SMILES string of the molecule is Cc1cnc2n1CCN(C(O)C1CCC(N(C)c3nccc(-n4nnc5c(OC(F)F)cccc54)n3)CC1)C2. The van der Waals surface area contributed by atoms with Crippen molar-refractivity contribution in [3.63, 3.8) is 0 Å². The minimum Gasteiger partial charge on any atom is -0.432 e. The van der Waals surface area contributed by atoms with Gasteiger partial charge in [-0.25, -0.2) is 9.97 Å². The molecule has 39 heavy (non-hydrogen) atoms. The summed E-state index contributed by atoms with van der Waals surface area (Å²) in [5, 5.41) is 19.3. The summed E-state index contributed by atoms with van der Waals surface area (Å²) >= 11 is 0. The van der Waals surface area contributed by atoms with Crippen LogP contribution in [0.15, 0.2) is 36.7 Å². The lowest BCUT2D eigenvalue weighted by Crippen LogP contribution is -2.47. The van der Waals surface area contributed by atoms with Crippen molar-refractivity contribution in [2.45, 2.75) is 64.6 Å². The molecule has 2 aliphatic rings. The maximum absolute atomic E-state index is 12.8. The van der Waals surface area contributed by atoms with E-state index in [2.05, 4.69) is 46.3 Å². The Labute approximate surface area is 224 Å². The second kappa shape index (κ2) is 10.5. The van der Waals surface area contributed by atoms with Gasteiger partial charge >= 0.3 is 6.61 Å². The van der Waals surface area contributed by atoms with Crippen LogP contribution in [0, 0.1) is 12.8 Å². The third kappa shape index (κ3) is 4.91. The summed E-state index contributed by atoms with van der Waals surface area (Å²) in [6.07, 6.45) is 6.69. The maximum atomic E-state index is 12.8. The summed E-state index contributed by atoms with van der Waals surface area (Å²) in [6.45, 7) is 1.45. The molecule has 1 N–H and O–H groups in total. The lowest BCUT2D eigenvalue weighted by molar-refractivity contribution is -0.0654. The van der Waals surface area contributed by atoms with Crippen LogP contribution in [0.2, 0.25) is 0 Å². The maximum Gasteiger partial charge on any atom is 0.387 e. The molecule has 0 bridgehead atoms. The predicted molar refractivity (Wildman–Crippen MR) is 139 cm³/mol. The van der Waals surface area contributed by atoms with Gasteiger partial charge in [0.25, 0.3) is 0 Å². The number of alkyl halides is 2. The Kier molecular flexibility index (Phi) is 6.85. The van der Waals surface area contributed by atoms with E-state index in [-0.39, 0.29) is 23.2 Å². The zero-order chi connectivity index (χ0) is 27.1. The molecule has 3 aromatic heterocycles. The van der Waals surface area contributed by atoms with E-state index in [0.29, 0.717) is 23.8 Å². The summed E-state index contributed by atoms with van der Waals surface area (Å²) in [6, 6.07) is 6.69. The first kappa shape index (κ1) is 25.6. The van der Waals surface area contributed by atoms with Gasteiger partial charge in [0, 0.05) is 50.3 Å². The highest BCUT2D eigenvalue weighted by Gasteiger charge is 2.34. The molecule has 13 heteroatoms. The molecule has 0 amide bonds. The molecule has 1 unspecified atom stereocenters. The van der Waals surface area contributed by atoms with Crippen LogP contribution < -0.4 is 9.64 Å². The van der Waals surface area contributed by atoms with Gasteiger partial charge in [-0.2, -0.15) is 18.4 Å². The lowest BCUT2D eigenvalue weighted by Gasteiger charge is -2.40. The zero-order valence-corrected chi connectivity index (χ0v) is 21.9. The van der Waals surface area contributed by atoms with Crippen LogP contribution in [-0.4, -0.2) is 77.0 Å². The van der Waals surface area contributed by atoms with Crippen LogP contribution >= 0.6 is 0 Å². The predicted octanol–water partition coefficient (Wildman–Crippen LogP) is 3.15. The van der Waals surface area contributed by atoms with Gasteiger partial charge in [-0.05, 0) is 50.7 Å². The molecule has 1 aliphatic heterocycles. The summed E-state index contributed by atoms with van der Waals surface area (Å²) < 4.78 is 33.9. The Balaban J connectivity index is 1.12. The van der Waals surface area contributed by atoms with Gasteiger partial charge in [-0.1, -0.05) is 11.3 Å². The number of nitrogens with zero attached hydrogens (tertiary/aromatic N) is 9. The van der Waals surface area contributed by atoms with E-state index < -0.39 is 12.8 Å². The fraction of sp³-hybridized carbons (Fsp3) is 0.500. The van der Waals surface area contributed by atoms with Crippen molar-refractivity contribution in [3.05, 3.63) is 48.2 Å². The number of fused-ring (bicyclic) bond motifs is 2. The minimum absolute atomic E-state index is 0.0380. The van der Waals surface area contributed by atoms with E-state index in [0.717, 1.165) is 50.3 Å². The van der Waals surface area contributed by atoms with Gasteiger partial charge in [0.2, 0.25) is 5.95 Å². The third-order valence-corrected chi connectivity index (χ3v) is 7.99. The monoisotopic (exact) mass is 539 g/mol. The standard InChI is InChI=1S/C26H31F2N9O2/c1-16-14-30-22-15-35(12-13-36(16)22)24(38)17-6-8-18(9-7-17)34(2)26-29-11-10-21(31-26)37-19-4-3-5-20(39-25(27)28)23(19)32-33-37/h3-5,10-11,14,17-18,24-25,38H,6-9,12-13,15H2,1-2H3. The first-order chi connectivity index (χ1) is 18.9. The number of hydrogen-bond acceptors (Lipinski definition) is 9. The van der Waals surface area contributed by atoms with Crippen molar-refractivity contribution in [2.24, 2.45) is 5.92 Å². The third-order valence-electron chi connectivity index (χ3n) is 7.99. The smallest absolute Gasteiger partial charge is 0.387 e. The number of ether oxygens (including phenoxy) is 1. The number of aryl methyl sites for hydroxylation is 1. The quantitative estimate of drug-likeness (QED) is 0.379. The van der Waals surface area contributed by atoms with Crippen LogP contribution in [0.1, 0.15) is 37.2 Å². The van der Waals surface area contributed by atoms with Crippen molar-refractivity contribution in [3.8, 4) is 11.6 Å². The Morgan fingerprint density at radius 1 is 1.10 bits per heavy atom. The van der Waals surface area contributed by atoms with Gasteiger partial charge in [0.05, 0.1) is 6.54 Å². The largest absolute Gasteiger partial charge is 0.432 e. The van der Waals surface area contributed by atoms with Crippen LogP contribution in [0.25, 0.3) is 16.9 Å². The minimum atomic E-state index is -2.95. The highest BCUT2D eigenvalue weighted by Crippen LogP contribution is 2.33. The molecule has 1 aliphatic carbocycles. The lowest BCUT2D eigenvalue weighted by atomic mass is 9.84. The van der Waals surface area contributed by atoms with E-state index in [4.69, 9.17) is 4.98 Å². The highest BCUT2D eigenvalue weighted by molar-refractivity contribution is 5.82. The molecule has 0 spiro atoms. The molecule has 4 aromatic rings. The average Bonchev–Trinajstić information content (AvgIpc) is 3.56. The number of benzene rings is 1. The number of hydrogen-bond donors (Lipinski definition) is 1. The highest BCUT2D eigenvalue weighted by atomic mass is 19.3. The van der Waals surface area contributed by atoms with E-state index in [9.17, 15) is 13.9 Å². The number of imidazole rings is 1. The molecule has 1 aromatic carbocycles. The van der Waals surface area contributed by atoms with Crippen molar-refractivity contribution in [1.29, 1.82) is 0 Å². The number of aromatic nitrogens is 7. The summed E-state index contributed by atoms with van der Waals surface area (Å²) in [5.41, 5.74) is 1.90. The Bertz CT molecular complexity index is 1450. The number of aliphatic hydroxyl groups is 1. The van der Waals surface area contributed by atoms with Gasteiger partial charge in [-0.3, -0.25) is 4.90 Å². The number of rotatable bonds is 7. The van der Waals surface area contributed by atoms with E-state index in [1.54, 1.807) is 24.4 Å². The first-order valence-corrected chi connectivity index (χ1v) is 13.2. The Morgan fingerprint density at radius 3 is 2.72 bits per heavy atom. The molecule has 0 radical (unpaired) electrons. The Morgan fingerprint density at radius 2 is 1.92 bits per heavy atom. The molecule has 0 saturated heterocycles. The summed E-state index contributed by atoms with van der Waals surface area (Å²) in [4.78, 5) is 17.9. The zero-order valence-electron chi connectivity index (χ0n) is 21.9. The molecule has 6 rings (SSSR count). The summed E-state index contributed by atoms with van der Waals surface area (Å²) in [5.74, 6) is 2.20. The van der Waals surface area contributed by atoms with Crippen LogP contribution in [0.4, 0.5) is 14.7 Å². The number of anilines is 1. The fourth-order valence-electron chi connectivity index (χ4n) is 5.81. The Hall–Kier alpha value is -3.71. The summed E-state index contributed by atoms with van der Waals surface area (Å²) in [7, 11) is 1.97. The van der Waals surface area contributed by atoms with Crippen LogP contribution in [0.3, 0.4) is 0 Å². The molecular formula is C26H31F2N9O2. The van der Waals surface area contributed by atoms with Crippen LogP contribution in [-0.2, 0) is 13.1 Å². The van der Waals surface area contributed by atoms with E-state index in [1.807, 2.05) is 13.2 Å².